The molecule has 0 spiro atoms. The molecule has 0 N–H and O–H groups in total. The zero-order valence-corrected chi connectivity index (χ0v) is 12.7. The van der Waals surface area contributed by atoms with E-state index in [1.54, 1.807) is 6.20 Å². The number of rotatable bonds is 4. The first-order chi connectivity index (χ1) is 9.15. The number of aromatic nitrogens is 1. The molecule has 0 atom stereocenters. The van der Waals surface area contributed by atoms with Crippen LogP contribution in [0.15, 0.2) is 36.5 Å². The quantitative estimate of drug-likeness (QED) is 0.808. The lowest BCUT2D eigenvalue weighted by Gasteiger charge is -2.26. The van der Waals surface area contributed by atoms with E-state index in [0.717, 1.165) is 16.1 Å². The van der Waals surface area contributed by atoms with Gasteiger partial charge in [0.05, 0.1) is 0 Å². The molecule has 0 radical (unpaired) electrons. The summed E-state index contributed by atoms with van der Waals surface area (Å²) in [6.07, 6.45) is 1.70. The van der Waals surface area contributed by atoms with Crippen LogP contribution in [0.5, 0.6) is 0 Å². The molecule has 0 aliphatic carbocycles. The predicted molar refractivity (Wildman–Crippen MR) is 81.7 cm³/mol. The molecule has 0 bridgehead atoms. The Labute approximate surface area is 121 Å². The second-order valence-corrected chi connectivity index (χ2v) is 5.45. The highest BCUT2D eigenvalue weighted by molar-refractivity contribution is 9.09. The summed E-state index contributed by atoms with van der Waals surface area (Å²) in [5.41, 5.74) is 0.535. The van der Waals surface area contributed by atoms with Crippen molar-refractivity contribution in [1.82, 2.24) is 9.88 Å². The minimum absolute atomic E-state index is 0.00810. The number of benzene rings is 1. The summed E-state index contributed by atoms with van der Waals surface area (Å²) >= 11 is 3.39. The molecule has 100 valence electrons. The van der Waals surface area contributed by atoms with Crippen LogP contribution in [0.25, 0.3) is 10.8 Å². The van der Waals surface area contributed by atoms with Gasteiger partial charge in [-0.3, -0.25) is 9.78 Å². The highest BCUT2D eigenvalue weighted by Gasteiger charge is 2.20. The first kappa shape index (κ1) is 14.0. The standard InChI is InChI=1S/C15H17BrN2O/c1-11(2)18(10-8-16)15(19)14-13-6-4-3-5-12(13)7-9-17-14/h3-7,9,11H,8,10H2,1-2H3. The molecule has 2 aromatic rings. The summed E-state index contributed by atoms with van der Waals surface area (Å²) < 4.78 is 0. The Morgan fingerprint density at radius 1 is 1.32 bits per heavy atom. The molecule has 3 nitrogen and oxygen atoms in total. The lowest BCUT2D eigenvalue weighted by molar-refractivity contribution is 0.0715. The molecule has 19 heavy (non-hydrogen) atoms. The van der Waals surface area contributed by atoms with Crippen LogP contribution < -0.4 is 0 Å². The Balaban J connectivity index is 2.45. The third kappa shape index (κ3) is 2.95. The molecule has 1 aromatic carbocycles. The van der Waals surface area contributed by atoms with E-state index in [-0.39, 0.29) is 11.9 Å². The van der Waals surface area contributed by atoms with Gasteiger partial charge < -0.3 is 4.90 Å². The number of alkyl halides is 1. The van der Waals surface area contributed by atoms with Crippen LogP contribution in [0, 0.1) is 0 Å². The summed E-state index contributed by atoms with van der Waals surface area (Å²) in [5.74, 6) is -0.00810. The van der Waals surface area contributed by atoms with Crippen LogP contribution in [0.4, 0.5) is 0 Å². The van der Waals surface area contributed by atoms with Gasteiger partial charge in [0, 0.05) is 29.5 Å². The van der Waals surface area contributed by atoms with Gasteiger partial charge >= 0.3 is 0 Å². The molecular weight excluding hydrogens is 304 g/mol. The van der Waals surface area contributed by atoms with E-state index in [1.807, 2.05) is 49.1 Å². The largest absolute Gasteiger partial charge is 0.334 e. The lowest BCUT2D eigenvalue weighted by Crippen LogP contribution is -2.38. The molecule has 2 rings (SSSR count). The van der Waals surface area contributed by atoms with Gasteiger partial charge in [-0.25, -0.2) is 0 Å². The highest BCUT2D eigenvalue weighted by Crippen LogP contribution is 2.18. The number of hydrogen-bond donors (Lipinski definition) is 0. The topological polar surface area (TPSA) is 33.2 Å². The maximum atomic E-state index is 12.6. The maximum absolute atomic E-state index is 12.6. The van der Waals surface area contributed by atoms with Gasteiger partial charge in [0.2, 0.25) is 0 Å². The summed E-state index contributed by atoms with van der Waals surface area (Å²) in [6.45, 7) is 4.72. The molecule has 0 saturated heterocycles. The van der Waals surface area contributed by atoms with Crippen molar-refractivity contribution in [3.63, 3.8) is 0 Å². The summed E-state index contributed by atoms with van der Waals surface area (Å²) in [7, 11) is 0. The fourth-order valence-corrected chi connectivity index (χ4v) is 2.49. The predicted octanol–water partition coefficient (Wildman–Crippen LogP) is 3.48. The number of carbonyl (C=O) groups is 1. The molecule has 0 fully saturated rings. The van der Waals surface area contributed by atoms with Gasteiger partial charge in [0.25, 0.3) is 5.91 Å². The molecule has 1 amide bonds. The van der Waals surface area contributed by atoms with Crippen LogP contribution in [0.3, 0.4) is 0 Å². The van der Waals surface area contributed by atoms with Gasteiger partial charge in [0.1, 0.15) is 5.69 Å². The van der Waals surface area contributed by atoms with Gasteiger partial charge in [-0.1, -0.05) is 40.2 Å². The van der Waals surface area contributed by atoms with Gasteiger partial charge in [-0.05, 0) is 25.3 Å². The highest BCUT2D eigenvalue weighted by atomic mass is 79.9. The summed E-state index contributed by atoms with van der Waals surface area (Å²) in [5, 5.41) is 2.72. The Kier molecular flexibility index (Phi) is 4.53. The van der Waals surface area contributed by atoms with Crippen LogP contribution >= 0.6 is 15.9 Å². The Bertz CT molecular complexity index is 578. The average Bonchev–Trinajstić information content (AvgIpc) is 2.43. The SMILES string of the molecule is CC(C)N(CCBr)C(=O)c1nccc2ccccc12. The number of halogens is 1. The van der Waals surface area contributed by atoms with Crippen LogP contribution in [-0.2, 0) is 0 Å². The molecule has 0 saturated carbocycles. The van der Waals surface area contributed by atoms with E-state index in [9.17, 15) is 4.79 Å². The molecule has 0 unspecified atom stereocenters. The molecule has 1 aromatic heterocycles. The number of carbonyl (C=O) groups excluding carboxylic acids is 1. The third-order valence-electron chi connectivity index (χ3n) is 3.09. The second kappa shape index (κ2) is 6.15. The van der Waals surface area contributed by atoms with Crippen LogP contribution in [0.2, 0.25) is 0 Å². The monoisotopic (exact) mass is 320 g/mol. The maximum Gasteiger partial charge on any atom is 0.273 e. The molecule has 0 aliphatic heterocycles. The van der Waals surface area contributed by atoms with Gasteiger partial charge in [-0.2, -0.15) is 0 Å². The normalized spacial score (nSPS) is 10.9. The van der Waals surface area contributed by atoms with Crippen LogP contribution in [-0.4, -0.2) is 33.7 Å². The fourth-order valence-electron chi connectivity index (χ4n) is 2.11. The third-order valence-corrected chi connectivity index (χ3v) is 3.44. The molecule has 1 heterocycles. The van der Waals surface area contributed by atoms with Crippen molar-refractivity contribution < 1.29 is 4.79 Å². The van der Waals surface area contributed by atoms with Gasteiger partial charge in [0.15, 0.2) is 0 Å². The lowest BCUT2D eigenvalue weighted by atomic mass is 10.1. The second-order valence-electron chi connectivity index (χ2n) is 4.66. The molecule has 4 heteroatoms. The van der Waals surface area contributed by atoms with Gasteiger partial charge in [-0.15, -0.1) is 0 Å². The van der Waals surface area contributed by atoms with E-state index in [0.29, 0.717) is 12.2 Å². The zero-order valence-electron chi connectivity index (χ0n) is 11.1. The molecule has 0 aliphatic rings. The Morgan fingerprint density at radius 2 is 2.05 bits per heavy atom. The van der Waals surface area contributed by atoms with Crippen LogP contribution in [0.1, 0.15) is 24.3 Å². The zero-order chi connectivity index (χ0) is 13.8. The van der Waals surface area contributed by atoms with Crippen molar-refractivity contribution in [1.29, 1.82) is 0 Å². The summed E-state index contributed by atoms with van der Waals surface area (Å²) in [6, 6.07) is 9.93. The van der Waals surface area contributed by atoms with E-state index in [4.69, 9.17) is 0 Å². The van der Waals surface area contributed by atoms with Crippen molar-refractivity contribution in [2.24, 2.45) is 0 Å². The minimum Gasteiger partial charge on any atom is -0.334 e. The smallest absolute Gasteiger partial charge is 0.273 e. The number of hydrogen-bond acceptors (Lipinski definition) is 2. The number of nitrogens with zero attached hydrogens (tertiary/aromatic N) is 2. The van der Waals surface area contributed by atoms with E-state index in [1.165, 1.54) is 0 Å². The van der Waals surface area contributed by atoms with Crippen molar-refractivity contribution in [2.45, 2.75) is 19.9 Å². The fraction of sp³-hybridized carbons (Fsp3) is 0.333. The molecular formula is C15H17BrN2O. The van der Waals surface area contributed by atoms with Crippen molar-refractivity contribution >= 4 is 32.6 Å². The minimum atomic E-state index is -0.00810. The van der Waals surface area contributed by atoms with Crippen molar-refractivity contribution in [2.75, 3.05) is 11.9 Å². The van der Waals surface area contributed by atoms with E-state index < -0.39 is 0 Å². The first-order valence-corrected chi connectivity index (χ1v) is 7.48. The Morgan fingerprint density at radius 3 is 2.74 bits per heavy atom. The van der Waals surface area contributed by atoms with E-state index >= 15 is 0 Å². The number of fused-ring (bicyclic) bond motifs is 1. The Hall–Kier alpha value is -1.42. The average molecular weight is 321 g/mol. The van der Waals surface area contributed by atoms with Crippen molar-refractivity contribution in [3.8, 4) is 0 Å². The van der Waals surface area contributed by atoms with Crippen molar-refractivity contribution in [3.05, 3.63) is 42.2 Å². The summed E-state index contributed by atoms with van der Waals surface area (Å²) in [4.78, 5) is 18.8. The first-order valence-electron chi connectivity index (χ1n) is 6.36. The number of pyridine rings is 1. The van der Waals surface area contributed by atoms with E-state index in [2.05, 4.69) is 20.9 Å². The number of amides is 1.